The zero-order valence-electron chi connectivity index (χ0n) is 18.6. The van der Waals surface area contributed by atoms with Gasteiger partial charge in [-0.1, -0.05) is 6.07 Å². The third-order valence-electron chi connectivity index (χ3n) is 5.96. The standard InChI is InChI=1S/C22H38N4O3/c1-23(2)13-14-29-20-6-5-19(15-21(20)28-4)16-26-8-7-22(27,18-26)17-25-11-9-24(3)10-12-25/h5-6,15,27H,7-14,16-18H2,1-4H3. The quantitative estimate of drug-likeness (QED) is 0.652. The lowest BCUT2D eigenvalue weighted by Crippen LogP contribution is -2.51. The Bertz CT molecular complexity index is 649. The van der Waals surface area contributed by atoms with E-state index in [0.717, 1.165) is 76.8 Å². The summed E-state index contributed by atoms with van der Waals surface area (Å²) >= 11 is 0. The van der Waals surface area contributed by atoms with E-state index in [1.165, 1.54) is 5.56 Å². The number of piperazine rings is 1. The second-order valence-electron chi connectivity index (χ2n) is 8.90. The number of likely N-dealkylation sites (N-methyl/N-ethyl adjacent to an activating group) is 2. The predicted octanol–water partition coefficient (Wildman–Crippen LogP) is 0.820. The van der Waals surface area contributed by atoms with Gasteiger partial charge in [-0.05, 0) is 45.3 Å². The fraction of sp³-hybridized carbons (Fsp3) is 0.727. The molecule has 7 nitrogen and oxygen atoms in total. The molecule has 0 saturated carbocycles. The third-order valence-corrected chi connectivity index (χ3v) is 5.96. The topological polar surface area (TPSA) is 51.7 Å². The average Bonchev–Trinajstić information content (AvgIpc) is 3.04. The van der Waals surface area contributed by atoms with Crippen molar-refractivity contribution in [1.29, 1.82) is 0 Å². The first kappa shape index (κ1) is 22.3. The van der Waals surface area contributed by atoms with Gasteiger partial charge in [-0.15, -0.1) is 0 Å². The van der Waals surface area contributed by atoms with Gasteiger partial charge in [0, 0.05) is 58.9 Å². The summed E-state index contributed by atoms with van der Waals surface area (Å²) in [7, 11) is 7.91. The van der Waals surface area contributed by atoms with Crippen LogP contribution in [0.2, 0.25) is 0 Å². The molecule has 0 aliphatic carbocycles. The van der Waals surface area contributed by atoms with Gasteiger partial charge in [0.1, 0.15) is 6.61 Å². The molecule has 1 aromatic carbocycles. The predicted molar refractivity (Wildman–Crippen MR) is 116 cm³/mol. The number of methoxy groups -OCH3 is 1. The second kappa shape index (κ2) is 10.1. The number of ether oxygens (including phenoxy) is 2. The molecular formula is C22H38N4O3. The van der Waals surface area contributed by atoms with E-state index < -0.39 is 5.60 Å². The molecule has 1 N–H and O–H groups in total. The van der Waals surface area contributed by atoms with Crippen LogP contribution in [0.5, 0.6) is 11.5 Å². The van der Waals surface area contributed by atoms with E-state index in [2.05, 4.69) is 38.8 Å². The van der Waals surface area contributed by atoms with Crippen molar-refractivity contribution in [3.63, 3.8) is 0 Å². The molecule has 29 heavy (non-hydrogen) atoms. The van der Waals surface area contributed by atoms with Crippen LogP contribution in [0.25, 0.3) is 0 Å². The molecule has 0 radical (unpaired) electrons. The van der Waals surface area contributed by atoms with E-state index in [1.54, 1.807) is 7.11 Å². The largest absolute Gasteiger partial charge is 0.493 e. The molecule has 1 aromatic rings. The van der Waals surface area contributed by atoms with Gasteiger partial charge in [0.25, 0.3) is 0 Å². The van der Waals surface area contributed by atoms with Gasteiger partial charge >= 0.3 is 0 Å². The van der Waals surface area contributed by atoms with Crippen molar-refractivity contribution in [3.8, 4) is 11.5 Å². The highest BCUT2D eigenvalue weighted by atomic mass is 16.5. The maximum atomic E-state index is 11.1. The maximum absolute atomic E-state index is 11.1. The van der Waals surface area contributed by atoms with Crippen LogP contribution >= 0.6 is 0 Å². The highest BCUT2D eigenvalue weighted by molar-refractivity contribution is 5.43. The average molecular weight is 407 g/mol. The van der Waals surface area contributed by atoms with Crippen LogP contribution in [0, 0.1) is 0 Å². The summed E-state index contributed by atoms with van der Waals surface area (Å²) in [4.78, 5) is 9.20. The molecule has 0 aromatic heterocycles. The van der Waals surface area contributed by atoms with E-state index in [1.807, 2.05) is 20.2 Å². The summed E-state index contributed by atoms with van der Waals surface area (Å²) in [6.07, 6.45) is 0.836. The Morgan fingerprint density at radius 1 is 1.07 bits per heavy atom. The molecule has 0 spiro atoms. The van der Waals surface area contributed by atoms with Crippen LogP contribution < -0.4 is 9.47 Å². The smallest absolute Gasteiger partial charge is 0.161 e. The zero-order valence-corrected chi connectivity index (χ0v) is 18.6. The third kappa shape index (κ3) is 6.55. The molecule has 164 valence electrons. The Morgan fingerprint density at radius 3 is 2.52 bits per heavy atom. The van der Waals surface area contributed by atoms with Crippen molar-refractivity contribution in [1.82, 2.24) is 19.6 Å². The summed E-state index contributed by atoms with van der Waals surface area (Å²) < 4.78 is 11.4. The normalized spacial score (nSPS) is 24.3. The number of β-amino-alcohol motifs (C(OH)–C–C–N with tert-alkyl or cyclic N) is 1. The first-order chi connectivity index (χ1) is 13.9. The van der Waals surface area contributed by atoms with Crippen LogP contribution in [0.3, 0.4) is 0 Å². The van der Waals surface area contributed by atoms with E-state index >= 15 is 0 Å². The van der Waals surface area contributed by atoms with Gasteiger partial charge in [-0.3, -0.25) is 9.80 Å². The van der Waals surface area contributed by atoms with Crippen molar-refractivity contribution in [3.05, 3.63) is 23.8 Å². The number of likely N-dealkylation sites (tertiary alicyclic amines) is 1. The van der Waals surface area contributed by atoms with Crippen molar-refractivity contribution in [2.24, 2.45) is 0 Å². The number of hydrogen-bond acceptors (Lipinski definition) is 7. The van der Waals surface area contributed by atoms with Crippen LogP contribution in [0.4, 0.5) is 0 Å². The molecule has 2 fully saturated rings. The number of rotatable bonds is 9. The highest BCUT2D eigenvalue weighted by Crippen LogP contribution is 2.30. The van der Waals surface area contributed by atoms with Crippen LogP contribution in [0.15, 0.2) is 18.2 Å². The lowest BCUT2D eigenvalue weighted by atomic mass is 10.0. The first-order valence-corrected chi connectivity index (χ1v) is 10.7. The minimum atomic E-state index is -0.602. The zero-order chi connectivity index (χ0) is 20.9. The molecular weight excluding hydrogens is 368 g/mol. The molecule has 2 aliphatic rings. The van der Waals surface area contributed by atoms with E-state index in [4.69, 9.17) is 9.47 Å². The highest BCUT2D eigenvalue weighted by Gasteiger charge is 2.37. The Hall–Kier alpha value is -1.38. The van der Waals surface area contributed by atoms with Gasteiger partial charge in [-0.2, -0.15) is 0 Å². The summed E-state index contributed by atoms with van der Waals surface area (Å²) in [6, 6.07) is 6.16. The SMILES string of the molecule is COc1cc(CN2CCC(O)(CN3CCN(C)CC3)C2)ccc1OCCN(C)C. The van der Waals surface area contributed by atoms with E-state index in [-0.39, 0.29) is 0 Å². The lowest BCUT2D eigenvalue weighted by Gasteiger charge is -2.37. The summed E-state index contributed by atoms with van der Waals surface area (Å²) in [5.74, 6) is 1.55. The lowest BCUT2D eigenvalue weighted by molar-refractivity contribution is -0.000371. The van der Waals surface area contributed by atoms with Crippen molar-refractivity contribution < 1.29 is 14.6 Å². The maximum Gasteiger partial charge on any atom is 0.161 e. The Labute approximate surface area is 175 Å². The van der Waals surface area contributed by atoms with Gasteiger partial charge in [0.15, 0.2) is 11.5 Å². The molecule has 1 atom stereocenters. The molecule has 0 bridgehead atoms. The Morgan fingerprint density at radius 2 is 1.83 bits per heavy atom. The number of hydrogen-bond donors (Lipinski definition) is 1. The fourth-order valence-corrected chi connectivity index (χ4v) is 4.15. The van der Waals surface area contributed by atoms with Gasteiger partial charge in [0.05, 0.1) is 12.7 Å². The molecule has 1 unspecified atom stereocenters. The monoisotopic (exact) mass is 406 g/mol. The summed E-state index contributed by atoms with van der Waals surface area (Å²) in [6.45, 7) is 9.01. The fourth-order valence-electron chi connectivity index (χ4n) is 4.15. The van der Waals surface area contributed by atoms with Crippen molar-refractivity contribution in [2.75, 3.05) is 87.2 Å². The van der Waals surface area contributed by atoms with Gasteiger partial charge in [0.2, 0.25) is 0 Å². The molecule has 3 rings (SSSR count). The second-order valence-corrected chi connectivity index (χ2v) is 8.90. The first-order valence-electron chi connectivity index (χ1n) is 10.7. The van der Waals surface area contributed by atoms with Gasteiger partial charge < -0.3 is 24.4 Å². The van der Waals surface area contributed by atoms with Crippen LogP contribution in [-0.2, 0) is 6.54 Å². The van der Waals surface area contributed by atoms with E-state index in [0.29, 0.717) is 6.61 Å². The number of benzene rings is 1. The van der Waals surface area contributed by atoms with Crippen molar-refractivity contribution >= 4 is 0 Å². The molecule has 2 aliphatic heterocycles. The number of aliphatic hydroxyl groups is 1. The van der Waals surface area contributed by atoms with E-state index in [9.17, 15) is 5.11 Å². The minimum Gasteiger partial charge on any atom is -0.493 e. The molecule has 7 heteroatoms. The molecule has 0 amide bonds. The minimum absolute atomic E-state index is 0.602. The Balaban J connectivity index is 1.52. The number of nitrogens with zero attached hydrogens (tertiary/aromatic N) is 4. The van der Waals surface area contributed by atoms with Gasteiger partial charge in [-0.25, -0.2) is 0 Å². The Kier molecular flexibility index (Phi) is 7.76. The summed E-state index contributed by atoms with van der Waals surface area (Å²) in [5.41, 5.74) is 0.584. The molecule has 2 heterocycles. The van der Waals surface area contributed by atoms with Crippen LogP contribution in [0.1, 0.15) is 12.0 Å². The van der Waals surface area contributed by atoms with Crippen molar-refractivity contribution in [2.45, 2.75) is 18.6 Å². The van der Waals surface area contributed by atoms with Crippen LogP contribution in [-0.4, -0.2) is 118 Å². The molecule has 2 saturated heterocycles. The summed E-state index contributed by atoms with van der Waals surface area (Å²) in [5, 5.41) is 11.1.